The molecule has 0 saturated heterocycles. The molecular formula is C11H25N. The molecule has 0 amide bonds. The van der Waals surface area contributed by atoms with E-state index in [9.17, 15) is 0 Å². The topological polar surface area (TPSA) is 26.0 Å². The molecule has 0 saturated carbocycles. The molecule has 0 fully saturated rings. The Kier molecular flexibility index (Phi) is 4.84. The van der Waals surface area contributed by atoms with Crippen LogP contribution in [0.1, 0.15) is 53.9 Å². The van der Waals surface area contributed by atoms with E-state index in [1.54, 1.807) is 0 Å². The molecule has 0 aliphatic rings. The molecule has 1 nitrogen and oxygen atoms in total. The summed E-state index contributed by atoms with van der Waals surface area (Å²) in [6, 6.07) is 0.348. The number of hydrogen-bond donors (Lipinski definition) is 1. The predicted molar refractivity (Wildman–Crippen MR) is 56.1 cm³/mol. The van der Waals surface area contributed by atoms with E-state index in [-0.39, 0.29) is 0 Å². The predicted octanol–water partition coefficient (Wildman–Crippen LogP) is 3.19. The number of nitrogens with two attached hydrogens (primary N) is 1. The number of rotatable bonds is 4. The van der Waals surface area contributed by atoms with Crippen molar-refractivity contribution in [3.8, 4) is 0 Å². The highest BCUT2D eigenvalue weighted by atomic mass is 14.6. The van der Waals surface area contributed by atoms with Crippen LogP contribution in [0.5, 0.6) is 0 Å². The van der Waals surface area contributed by atoms with Crippen LogP contribution in [0.2, 0.25) is 0 Å². The summed E-state index contributed by atoms with van der Waals surface area (Å²) in [4.78, 5) is 0. The highest BCUT2D eigenvalue weighted by molar-refractivity contribution is 4.76. The van der Waals surface area contributed by atoms with Crippen LogP contribution in [-0.4, -0.2) is 6.04 Å². The van der Waals surface area contributed by atoms with Crippen LogP contribution >= 0.6 is 0 Å². The third kappa shape index (κ3) is 4.76. The summed E-state index contributed by atoms with van der Waals surface area (Å²) < 4.78 is 0. The standard InChI is InChI=1S/C11H25N/c1-6-7-10(8-9(2)12)11(3,4)5/h9-10H,6-8,12H2,1-5H3/t9-,10?/m1/s1. The van der Waals surface area contributed by atoms with Crippen molar-refractivity contribution in [3.05, 3.63) is 0 Å². The minimum Gasteiger partial charge on any atom is -0.328 e. The maximum Gasteiger partial charge on any atom is 0.00133 e. The summed E-state index contributed by atoms with van der Waals surface area (Å²) in [5.74, 6) is 0.780. The molecule has 0 heterocycles. The zero-order valence-electron chi connectivity index (χ0n) is 9.35. The van der Waals surface area contributed by atoms with E-state index in [1.807, 2.05) is 0 Å². The first-order valence-corrected chi connectivity index (χ1v) is 5.13. The first-order chi connectivity index (χ1) is 5.38. The molecule has 1 unspecified atom stereocenters. The third-order valence-electron chi connectivity index (χ3n) is 2.52. The Balaban J connectivity index is 4.04. The lowest BCUT2D eigenvalue weighted by Crippen LogP contribution is -2.28. The van der Waals surface area contributed by atoms with E-state index in [0.29, 0.717) is 11.5 Å². The van der Waals surface area contributed by atoms with Crippen LogP contribution in [0.3, 0.4) is 0 Å². The van der Waals surface area contributed by atoms with E-state index < -0.39 is 0 Å². The van der Waals surface area contributed by atoms with Gasteiger partial charge in [0, 0.05) is 6.04 Å². The highest BCUT2D eigenvalue weighted by Gasteiger charge is 2.24. The van der Waals surface area contributed by atoms with Gasteiger partial charge in [0.1, 0.15) is 0 Å². The summed E-state index contributed by atoms with van der Waals surface area (Å²) in [6.07, 6.45) is 3.75. The van der Waals surface area contributed by atoms with Crippen molar-refractivity contribution in [2.75, 3.05) is 0 Å². The summed E-state index contributed by atoms with van der Waals surface area (Å²) in [6.45, 7) is 11.3. The zero-order valence-corrected chi connectivity index (χ0v) is 9.35. The van der Waals surface area contributed by atoms with Crippen LogP contribution in [-0.2, 0) is 0 Å². The van der Waals surface area contributed by atoms with E-state index in [2.05, 4.69) is 34.6 Å². The molecular weight excluding hydrogens is 146 g/mol. The second-order valence-corrected chi connectivity index (χ2v) is 5.06. The average molecular weight is 171 g/mol. The van der Waals surface area contributed by atoms with Crippen molar-refractivity contribution in [1.82, 2.24) is 0 Å². The van der Waals surface area contributed by atoms with Crippen LogP contribution in [0.15, 0.2) is 0 Å². The maximum absolute atomic E-state index is 5.82. The average Bonchev–Trinajstić information content (AvgIpc) is 1.83. The van der Waals surface area contributed by atoms with Crippen LogP contribution in [0, 0.1) is 11.3 Å². The molecule has 2 atom stereocenters. The molecule has 0 spiro atoms. The van der Waals surface area contributed by atoms with Gasteiger partial charge in [-0.1, -0.05) is 40.5 Å². The Morgan fingerprint density at radius 1 is 1.25 bits per heavy atom. The molecule has 0 aromatic heterocycles. The van der Waals surface area contributed by atoms with Gasteiger partial charge in [0.2, 0.25) is 0 Å². The van der Waals surface area contributed by atoms with Gasteiger partial charge in [-0.3, -0.25) is 0 Å². The second kappa shape index (κ2) is 4.86. The molecule has 0 bridgehead atoms. The minimum absolute atomic E-state index is 0.348. The normalized spacial score (nSPS) is 17.5. The summed E-state index contributed by atoms with van der Waals surface area (Å²) >= 11 is 0. The molecule has 1 heteroatoms. The molecule has 0 radical (unpaired) electrons. The molecule has 0 aliphatic heterocycles. The van der Waals surface area contributed by atoms with Gasteiger partial charge in [-0.05, 0) is 24.7 Å². The lowest BCUT2D eigenvalue weighted by molar-refractivity contribution is 0.201. The Morgan fingerprint density at radius 2 is 1.75 bits per heavy atom. The molecule has 74 valence electrons. The molecule has 0 rings (SSSR count). The van der Waals surface area contributed by atoms with Crippen molar-refractivity contribution in [2.24, 2.45) is 17.1 Å². The summed E-state index contributed by atoms with van der Waals surface area (Å²) in [7, 11) is 0. The maximum atomic E-state index is 5.82. The molecule has 0 aromatic carbocycles. The van der Waals surface area contributed by atoms with E-state index in [1.165, 1.54) is 12.8 Å². The van der Waals surface area contributed by atoms with Gasteiger partial charge in [0.05, 0.1) is 0 Å². The van der Waals surface area contributed by atoms with E-state index in [0.717, 1.165) is 12.3 Å². The van der Waals surface area contributed by atoms with Gasteiger partial charge in [0.15, 0.2) is 0 Å². The fourth-order valence-corrected chi connectivity index (χ4v) is 1.70. The summed E-state index contributed by atoms with van der Waals surface area (Å²) in [5.41, 5.74) is 6.24. The Morgan fingerprint density at radius 3 is 2.00 bits per heavy atom. The first-order valence-electron chi connectivity index (χ1n) is 5.13. The largest absolute Gasteiger partial charge is 0.328 e. The van der Waals surface area contributed by atoms with Crippen LogP contribution in [0.4, 0.5) is 0 Å². The molecule has 12 heavy (non-hydrogen) atoms. The van der Waals surface area contributed by atoms with Gasteiger partial charge in [-0.25, -0.2) is 0 Å². The van der Waals surface area contributed by atoms with Crippen molar-refractivity contribution < 1.29 is 0 Å². The molecule has 0 aliphatic carbocycles. The van der Waals surface area contributed by atoms with E-state index in [4.69, 9.17) is 5.73 Å². The van der Waals surface area contributed by atoms with Gasteiger partial charge in [-0.2, -0.15) is 0 Å². The van der Waals surface area contributed by atoms with Gasteiger partial charge >= 0.3 is 0 Å². The second-order valence-electron chi connectivity index (χ2n) is 5.06. The highest BCUT2D eigenvalue weighted by Crippen LogP contribution is 2.32. The van der Waals surface area contributed by atoms with Crippen LogP contribution < -0.4 is 5.73 Å². The van der Waals surface area contributed by atoms with Gasteiger partial charge in [-0.15, -0.1) is 0 Å². The Hall–Kier alpha value is -0.0400. The fraction of sp³-hybridized carbons (Fsp3) is 1.00. The van der Waals surface area contributed by atoms with E-state index >= 15 is 0 Å². The van der Waals surface area contributed by atoms with Crippen molar-refractivity contribution in [2.45, 2.75) is 59.9 Å². The SMILES string of the molecule is CCCC(C[C@@H](C)N)C(C)(C)C. The zero-order chi connectivity index (χ0) is 9.78. The van der Waals surface area contributed by atoms with Crippen molar-refractivity contribution in [3.63, 3.8) is 0 Å². The molecule has 0 aromatic rings. The summed E-state index contributed by atoms with van der Waals surface area (Å²) in [5, 5.41) is 0. The monoisotopic (exact) mass is 171 g/mol. The lowest BCUT2D eigenvalue weighted by Gasteiger charge is -2.31. The first kappa shape index (κ1) is 12.0. The minimum atomic E-state index is 0.348. The molecule has 2 N–H and O–H groups in total. The third-order valence-corrected chi connectivity index (χ3v) is 2.52. The fourth-order valence-electron chi connectivity index (χ4n) is 1.70. The van der Waals surface area contributed by atoms with Gasteiger partial charge in [0.25, 0.3) is 0 Å². The van der Waals surface area contributed by atoms with Crippen molar-refractivity contribution in [1.29, 1.82) is 0 Å². The van der Waals surface area contributed by atoms with Crippen molar-refractivity contribution >= 4 is 0 Å². The Labute approximate surface area is 77.7 Å². The lowest BCUT2D eigenvalue weighted by atomic mass is 9.75. The smallest absolute Gasteiger partial charge is 0.00133 e. The van der Waals surface area contributed by atoms with Crippen LogP contribution in [0.25, 0.3) is 0 Å². The Bertz CT molecular complexity index is 111. The van der Waals surface area contributed by atoms with Gasteiger partial charge < -0.3 is 5.73 Å². The number of hydrogen-bond acceptors (Lipinski definition) is 1. The quantitative estimate of drug-likeness (QED) is 0.690.